The molecule has 15 nitrogen and oxygen atoms in total. The van der Waals surface area contributed by atoms with E-state index in [0.29, 0.717) is 18.4 Å². The molecule has 1 aliphatic carbocycles. The van der Waals surface area contributed by atoms with Crippen LogP contribution in [0.25, 0.3) is 0 Å². The summed E-state index contributed by atoms with van der Waals surface area (Å²) < 4.78 is 29.5. The van der Waals surface area contributed by atoms with E-state index in [1.807, 2.05) is 33.8 Å². The molecule has 0 bridgehead atoms. The van der Waals surface area contributed by atoms with Gasteiger partial charge in [-0.2, -0.15) is 0 Å². The average molecular weight is 886 g/mol. The predicted octanol–water partition coefficient (Wildman–Crippen LogP) is 5.36. The summed E-state index contributed by atoms with van der Waals surface area (Å²) in [5.41, 5.74) is 1.32. The number of allylic oxidation sites excluding steroid dienone is 8. The van der Waals surface area contributed by atoms with Gasteiger partial charge in [0.1, 0.15) is 29.8 Å². The lowest BCUT2D eigenvalue weighted by molar-refractivity contribution is -0.314. The van der Waals surface area contributed by atoms with Crippen LogP contribution in [-0.4, -0.2) is 112 Å². The van der Waals surface area contributed by atoms with Crippen LogP contribution in [0.1, 0.15) is 94.4 Å². The standard InChI is InChI=1S/C48H71NO14/c1-12-15-36-30(7)39(61-41(53)21-20-40(52)49-42-34(50)18-19-35(42)51)25-48(58,63-36)32(9)45(56)31(8)46-37(59-10)17-14-16-26(3)22-28(5)43(54)33(13-2)44(55)29(6)23-27(4)24-38(60-11)47(57)62-46/h12,14-17,20-21,23-24,28-33,36-37,39,43-46,50,54-56,58H,13,18-19,22,25H2,1-11H3,(H,49,52)/b15-12+,17-14+,21-20+,26-16?,27-23+,38-24-/t28-,29-,30-,31+,32+,33+,36-,37+,39-,43+,44-,45-,46-,48-/m1/s1. The number of Topliss-reactive ketones (excluding diaryl/α,β-unsaturated/α-hetero) is 1. The number of cyclic esters (lactones) is 1. The summed E-state index contributed by atoms with van der Waals surface area (Å²) in [5.74, 6) is -8.99. The maximum absolute atomic E-state index is 13.9. The molecule has 352 valence electrons. The lowest BCUT2D eigenvalue weighted by atomic mass is 9.77. The highest BCUT2D eigenvalue weighted by Crippen LogP contribution is 2.41. The predicted molar refractivity (Wildman–Crippen MR) is 235 cm³/mol. The first-order chi connectivity index (χ1) is 29.6. The Bertz CT molecular complexity index is 1830. The van der Waals surface area contributed by atoms with Gasteiger partial charge in [0.2, 0.25) is 11.7 Å². The van der Waals surface area contributed by atoms with Gasteiger partial charge in [0, 0.05) is 68.1 Å². The number of rotatable bonds is 12. The number of hydrogen-bond acceptors (Lipinski definition) is 14. The van der Waals surface area contributed by atoms with Gasteiger partial charge in [0.25, 0.3) is 0 Å². The molecule has 1 amide bonds. The highest BCUT2D eigenvalue weighted by molar-refractivity contribution is 6.04. The number of aliphatic hydroxyl groups is 5. The van der Waals surface area contributed by atoms with Crippen LogP contribution in [0.15, 0.2) is 83.0 Å². The molecular weight excluding hydrogens is 815 g/mol. The van der Waals surface area contributed by atoms with Crippen molar-refractivity contribution < 1.29 is 68.4 Å². The zero-order valence-electron chi connectivity index (χ0n) is 38.6. The minimum Gasteiger partial charge on any atom is -0.510 e. The van der Waals surface area contributed by atoms with Crippen molar-refractivity contribution in [3.63, 3.8) is 0 Å². The van der Waals surface area contributed by atoms with Crippen LogP contribution in [0.3, 0.4) is 0 Å². The van der Waals surface area contributed by atoms with E-state index < -0.39 is 95.8 Å². The number of amides is 1. The molecule has 6 N–H and O–H groups in total. The van der Waals surface area contributed by atoms with Gasteiger partial charge in [-0.05, 0) is 45.6 Å². The van der Waals surface area contributed by atoms with Crippen molar-refractivity contribution >= 4 is 23.6 Å². The number of ketones is 1. The number of nitrogens with one attached hydrogen (secondary N) is 1. The summed E-state index contributed by atoms with van der Waals surface area (Å²) in [6.07, 6.45) is 7.80. The second kappa shape index (κ2) is 24.1. The van der Waals surface area contributed by atoms with E-state index in [1.165, 1.54) is 20.3 Å². The summed E-state index contributed by atoms with van der Waals surface area (Å²) >= 11 is 0. The van der Waals surface area contributed by atoms with Gasteiger partial charge in [0.05, 0.1) is 31.5 Å². The van der Waals surface area contributed by atoms with Gasteiger partial charge in [-0.15, -0.1) is 0 Å². The molecule has 2 heterocycles. The summed E-state index contributed by atoms with van der Waals surface area (Å²) in [5, 5.41) is 59.2. The molecule has 1 saturated heterocycles. The summed E-state index contributed by atoms with van der Waals surface area (Å²) in [4.78, 5) is 51.4. The van der Waals surface area contributed by atoms with Crippen molar-refractivity contribution in [2.24, 2.45) is 35.5 Å². The Labute approximate surface area is 372 Å². The van der Waals surface area contributed by atoms with E-state index >= 15 is 0 Å². The molecule has 63 heavy (non-hydrogen) atoms. The molecule has 0 radical (unpaired) electrons. The summed E-state index contributed by atoms with van der Waals surface area (Å²) in [6, 6.07) is 0. The van der Waals surface area contributed by atoms with Gasteiger partial charge in [-0.3, -0.25) is 9.59 Å². The normalized spacial score (nSPS) is 35.6. The monoisotopic (exact) mass is 885 g/mol. The van der Waals surface area contributed by atoms with Gasteiger partial charge in [0.15, 0.2) is 11.6 Å². The van der Waals surface area contributed by atoms with Crippen molar-refractivity contribution in [3.8, 4) is 0 Å². The minimum absolute atomic E-state index is 0.0618. The Morgan fingerprint density at radius 3 is 2.33 bits per heavy atom. The first kappa shape index (κ1) is 53.0. The van der Waals surface area contributed by atoms with Crippen LogP contribution in [0.5, 0.6) is 0 Å². The van der Waals surface area contributed by atoms with Gasteiger partial charge >= 0.3 is 11.9 Å². The second-order valence-corrected chi connectivity index (χ2v) is 17.4. The third-order valence-corrected chi connectivity index (χ3v) is 12.6. The number of carbonyl (C=O) groups excluding carboxylic acids is 4. The second-order valence-electron chi connectivity index (χ2n) is 17.4. The van der Waals surface area contributed by atoms with E-state index in [2.05, 4.69) is 5.32 Å². The molecule has 14 atom stereocenters. The van der Waals surface area contributed by atoms with E-state index in [0.717, 1.165) is 17.7 Å². The molecule has 2 aliphatic heterocycles. The third-order valence-electron chi connectivity index (χ3n) is 12.6. The molecule has 3 aliphatic rings. The molecule has 0 saturated carbocycles. The number of hydrogen-bond donors (Lipinski definition) is 6. The van der Waals surface area contributed by atoms with Crippen LogP contribution in [0.4, 0.5) is 0 Å². The van der Waals surface area contributed by atoms with Crippen molar-refractivity contribution in [2.45, 2.75) is 143 Å². The van der Waals surface area contributed by atoms with Crippen molar-refractivity contribution in [1.82, 2.24) is 5.32 Å². The molecule has 1 fully saturated rings. The Morgan fingerprint density at radius 2 is 1.75 bits per heavy atom. The van der Waals surface area contributed by atoms with Crippen LogP contribution in [0, 0.1) is 35.5 Å². The largest absolute Gasteiger partial charge is 0.510 e. The topological polar surface area (TPSA) is 228 Å². The lowest BCUT2D eigenvalue weighted by Crippen LogP contribution is -2.58. The van der Waals surface area contributed by atoms with Gasteiger partial charge in [-0.25, -0.2) is 9.59 Å². The minimum atomic E-state index is -2.10. The van der Waals surface area contributed by atoms with E-state index in [9.17, 15) is 44.7 Å². The van der Waals surface area contributed by atoms with Gasteiger partial charge in [-0.1, -0.05) is 89.1 Å². The fourth-order valence-electron chi connectivity index (χ4n) is 8.59. The van der Waals surface area contributed by atoms with Crippen LogP contribution in [-0.2, 0) is 42.9 Å². The molecule has 0 aromatic carbocycles. The average Bonchev–Trinajstić information content (AvgIpc) is 3.55. The summed E-state index contributed by atoms with van der Waals surface area (Å²) in [6.45, 7) is 16.1. The quantitative estimate of drug-likeness (QED) is 0.0825. The van der Waals surface area contributed by atoms with Crippen molar-refractivity contribution in [2.75, 3.05) is 14.2 Å². The molecule has 0 unspecified atom stereocenters. The number of methoxy groups -OCH3 is 2. The fraction of sp³-hybridized carbons (Fsp3) is 0.625. The zero-order valence-corrected chi connectivity index (χ0v) is 38.6. The molecule has 0 aromatic heterocycles. The first-order valence-electron chi connectivity index (χ1n) is 21.9. The van der Waals surface area contributed by atoms with E-state index in [-0.39, 0.29) is 48.3 Å². The van der Waals surface area contributed by atoms with E-state index in [4.69, 9.17) is 23.7 Å². The highest BCUT2D eigenvalue weighted by Gasteiger charge is 2.52. The maximum atomic E-state index is 13.9. The maximum Gasteiger partial charge on any atom is 0.373 e. The van der Waals surface area contributed by atoms with Crippen LogP contribution < -0.4 is 5.32 Å². The molecule has 3 rings (SSSR count). The first-order valence-corrected chi connectivity index (χ1v) is 21.9. The van der Waals surface area contributed by atoms with Crippen LogP contribution >= 0.6 is 0 Å². The summed E-state index contributed by atoms with van der Waals surface area (Å²) in [7, 11) is 2.75. The SMILES string of the molecule is C/C=C/[C@H]1O[C@@](O)([C@@H](C)[C@H](O)[C@H](C)[C@H]2OC(=O)/C(OC)=C/C(C)=C/[C@@H](C)[C@@H](O)[C@@H](CC)[C@@H](O)[C@H](C)CC(C)=C/C=C/[C@@H]2OC)C[C@@H](OC(=O)/C=C/C(=O)NC2=C(O)CCC2=O)[C@@H]1C. The van der Waals surface area contributed by atoms with Crippen LogP contribution in [0.2, 0.25) is 0 Å². The number of ether oxygens (including phenoxy) is 5. The Kier molecular flexibility index (Phi) is 20.2. The third kappa shape index (κ3) is 14.1. The van der Waals surface area contributed by atoms with E-state index in [1.54, 1.807) is 65.0 Å². The zero-order chi connectivity index (χ0) is 47.3. The Morgan fingerprint density at radius 1 is 1.06 bits per heavy atom. The highest BCUT2D eigenvalue weighted by atomic mass is 16.6. The fourth-order valence-corrected chi connectivity index (χ4v) is 8.59. The number of esters is 2. The Hall–Kier alpha value is -4.38. The molecule has 0 spiro atoms. The molecular formula is C48H71NO14. The van der Waals surface area contributed by atoms with Gasteiger partial charge < -0.3 is 54.5 Å². The smallest absolute Gasteiger partial charge is 0.373 e. The molecule has 0 aromatic rings. The molecule has 15 heteroatoms. The number of carbonyl (C=O) groups is 4. The number of aliphatic hydroxyl groups excluding tert-OH is 4. The lowest BCUT2D eigenvalue weighted by Gasteiger charge is -2.48. The van der Waals surface area contributed by atoms with Crippen molar-refractivity contribution in [3.05, 3.63) is 83.0 Å². The Balaban J connectivity index is 1.97. The van der Waals surface area contributed by atoms with Crippen molar-refractivity contribution in [1.29, 1.82) is 0 Å².